The molecule has 0 heterocycles. The first kappa shape index (κ1) is 13.5. The molecule has 0 aliphatic heterocycles. The van der Waals surface area contributed by atoms with Gasteiger partial charge >= 0.3 is 0 Å². The summed E-state index contributed by atoms with van der Waals surface area (Å²) in [4.78, 5) is 15.8. The second kappa shape index (κ2) is 5.68. The minimum atomic E-state index is 0.0924. The number of carbonyl (C=O) groups is 1. The summed E-state index contributed by atoms with van der Waals surface area (Å²) < 4.78 is 0. The maximum absolute atomic E-state index is 12.1. The Hall–Kier alpha value is -1.55. The van der Waals surface area contributed by atoms with E-state index in [4.69, 9.17) is 5.73 Å². The van der Waals surface area contributed by atoms with Crippen molar-refractivity contribution in [2.45, 2.75) is 19.9 Å². The molecular weight excluding hydrogens is 214 g/mol. The lowest BCUT2D eigenvalue weighted by Crippen LogP contribution is -2.42. The molecule has 0 saturated heterocycles. The third-order valence-corrected chi connectivity index (χ3v) is 2.41. The maximum Gasteiger partial charge on any atom is 0.241 e. The molecule has 1 amide bonds. The van der Waals surface area contributed by atoms with Crippen LogP contribution in [0.2, 0.25) is 0 Å². The molecule has 0 aromatic heterocycles. The molecule has 2 N–H and O–H groups in total. The van der Waals surface area contributed by atoms with Gasteiger partial charge in [-0.15, -0.1) is 0 Å². The van der Waals surface area contributed by atoms with E-state index in [9.17, 15) is 4.79 Å². The van der Waals surface area contributed by atoms with Gasteiger partial charge in [0.05, 0.1) is 6.54 Å². The van der Waals surface area contributed by atoms with Crippen molar-refractivity contribution in [3.63, 3.8) is 0 Å². The van der Waals surface area contributed by atoms with Crippen LogP contribution in [0, 0.1) is 0 Å². The Morgan fingerprint density at radius 1 is 1.24 bits per heavy atom. The second-order valence-corrected chi connectivity index (χ2v) is 4.69. The van der Waals surface area contributed by atoms with Crippen LogP contribution in [0.1, 0.15) is 13.8 Å². The van der Waals surface area contributed by atoms with Gasteiger partial charge in [0.2, 0.25) is 5.91 Å². The Bertz CT molecular complexity index is 371. The van der Waals surface area contributed by atoms with Gasteiger partial charge in [-0.3, -0.25) is 4.79 Å². The van der Waals surface area contributed by atoms with E-state index in [0.29, 0.717) is 12.2 Å². The molecule has 4 nitrogen and oxygen atoms in total. The fourth-order valence-corrected chi connectivity index (χ4v) is 1.71. The second-order valence-electron chi connectivity index (χ2n) is 4.69. The molecule has 1 aromatic rings. The quantitative estimate of drug-likeness (QED) is 0.806. The van der Waals surface area contributed by atoms with E-state index < -0.39 is 0 Å². The van der Waals surface area contributed by atoms with E-state index in [1.807, 2.05) is 57.1 Å². The van der Waals surface area contributed by atoms with Gasteiger partial charge in [0, 0.05) is 17.4 Å². The number of rotatable bonds is 4. The molecule has 1 aromatic carbocycles. The average molecular weight is 235 g/mol. The van der Waals surface area contributed by atoms with Crippen molar-refractivity contribution in [3.8, 4) is 0 Å². The summed E-state index contributed by atoms with van der Waals surface area (Å²) in [5, 5.41) is 0. The third kappa shape index (κ3) is 3.75. The summed E-state index contributed by atoms with van der Waals surface area (Å²) in [6, 6.07) is 7.51. The number of nitrogens with two attached hydrogens (primary N) is 1. The lowest BCUT2D eigenvalue weighted by molar-refractivity contribution is -0.119. The number of carbonyl (C=O) groups excluding carboxylic acids is 1. The van der Waals surface area contributed by atoms with Crippen LogP contribution in [-0.2, 0) is 4.79 Å². The third-order valence-electron chi connectivity index (χ3n) is 2.41. The highest BCUT2D eigenvalue weighted by Gasteiger charge is 2.19. The van der Waals surface area contributed by atoms with Crippen LogP contribution in [0.15, 0.2) is 24.3 Å². The largest absolute Gasteiger partial charge is 0.399 e. The van der Waals surface area contributed by atoms with Crippen molar-refractivity contribution in [2.24, 2.45) is 0 Å². The number of benzene rings is 1. The van der Waals surface area contributed by atoms with Gasteiger partial charge in [-0.1, -0.05) is 0 Å². The lowest BCUT2D eigenvalue weighted by Gasteiger charge is -2.28. The number of amides is 1. The molecule has 94 valence electrons. The van der Waals surface area contributed by atoms with Crippen LogP contribution < -0.4 is 10.6 Å². The van der Waals surface area contributed by atoms with Gasteiger partial charge in [0.1, 0.15) is 0 Å². The molecule has 0 atom stereocenters. The van der Waals surface area contributed by atoms with Crippen LogP contribution in [0.5, 0.6) is 0 Å². The first-order valence-corrected chi connectivity index (χ1v) is 5.74. The van der Waals surface area contributed by atoms with E-state index >= 15 is 0 Å². The predicted molar refractivity (Wildman–Crippen MR) is 72.0 cm³/mol. The lowest BCUT2D eigenvalue weighted by atomic mass is 10.2. The molecular formula is C13H21N3O. The van der Waals surface area contributed by atoms with Gasteiger partial charge in [0.15, 0.2) is 0 Å². The number of nitrogens with zero attached hydrogens (tertiary/aromatic N) is 2. The molecule has 4 heteroatoms. The Balaban J connectivity index is 2.93. The first-order valence-electron chi connectivity index (χ1n) is 5.74. The highest BCUT2D eigenvalue weighted by atomic mass is 16.2. The number of hydrogen-bond donors (Lipinski definition) is 1. The Morgan fingerprint density at radius 3 is 2.18 bits per heavy atom. The van der Waals surface area contributed by atoms with Crippen molar-refractivity contribution in [3.05, 3.63) is 24.3 Å². The highest BCUT2D eigenvalue weighted by Crippen LogP contribution is 2.19. The van der Waals surface area contributed by atoms with Crippen molar-refractivity contribution >= 4 is 17.3 Å². The van der Waals surface area contributed by atoms with E-state index in [1.54, 1.807) is 4.90 Å². The highest BCUT2D eigenvalue weighted by molar-refractivity contribution is 5.95. The van der Waals surface area contributed by atoms with Crippen molar-refractivity contribution < 1.29 is 4.79 Å². The smallest absolute Gasteiger partial charge is 0.241 e. The van der Waals surface area contributed by atoms with Crippen LogP contribution >= 0.6 is 0 Å². The number of likely N-dealkylation sites (N-methyl/N-ethyl adjacent to an activating group) is 1. The summed E-state index contributed by atoms with van der Waals surface area (Å²) in [5.41, 5.74) is 7.24. The maximum atomic E-state index is 12.1. The number of nitrogen functional groups attached to an aromatic ring is 1. The molecule has 0 bridgehead atoms. The van der Waals surface area contributed by atoms with E-state index in [0.717, 1.165) is 5.69 Å². The van der Waals surface area contributed by atoms with E-state index in [-0.39, 0.29) is 11.9 Å². The molecule has 0 spiro atoms. The summed E-state index contributed by atoms with van der Waals surface area (Å²) in [6.07, 6.45) is 0. The van der Waals surface area contributed by atoms with Crippen LogP contribution in [0.4, 0.5) is 11.4 Å². The zero-order chi connectivity index (χ0) is 13.0. The molecule has 0 saturated carbocycles. The zero-order valence-corrected chi connectivity index (χ0v) is 11.0. The van der Waals surface area contributed by atoms with Crippen LogP contribution in [-0.4, -0.2) is 37.5 Å². The Kier molecular flexibility index (Phi) is 4.52. The van der Waals surface area contributed by atoms with Gasteiger partial charge in [0.25, 0.3) is 0 Å². The molecule has 1 rings (SSSR count). The standard InChI is InChI=1S/C13H21N3O/c1-10(2)16(13(17)9-15(3)4)12-7-5-11(14)6-8-12/h5-8,10H,9,14H2,1-4H3. The first-order chi connectivity index (χ1) is 7.91. The molecule has 0 fully saturated rings. The summed E-state index contributed by atoms with van der Waals surface area (Å²) in [6.45, 7) is 4.41. The molecule has 0 aliphatic carbocycles. The molecule has 0 radical (unpaired) electrons. The number of hydrogen-bond acceptors (Lipinski definition) is 3. The van der Waals surface area contributed by atoms with Gasteiger partial charge < -0.3 is 15.5 Å². The average Bonchev–Trinajstić information content (AvgIpc) is 2.19. The fourth-order valence-electron chi connectivity index (χ4n) is 1.71. The Labute approximate surface area is 103 Å². The van der Waals surface area contributed by atoms with Gasteiger partial charge in [-0.2, -0.15) is 0 Å². The predicted octanol–water partition coefficient (Wildman–Crippen LogP) is 1.57. The van der Waals surface area contributed by atoms with E-state index in [1.165, 1.54) is 0 Å². The van der Waals surface area contributed by atoms with Crippen LogP contribution in [0.3, 0.4) is 0 Å². The monoisotopic (exact) mass is 235 g/mol. The topological polar surface area (TPSA) is 49.6 Å². The summed E-state index contributed by atoms with van der Waals surface area (Å²) >= 11 is 0. The van der Waals surface area contributed by atoms with Crippen molar-refractivity contribution in [1.82, 2.24) is 4.90 Å². The fraction of sp³-hybridized carbons (Fsp3) is 0.462. The van der Waals surface area contributed by atoms with Crippen molar-refractivity contribution in [1.29, 1.82) is 0 Å². The molecule has 0 unspecified atom stereocenters. The van der Waals surface area contributed by atoms with Gasteiger partial charge in [-0.25, -0.2) is 0 Å². The number of anilines is 2. The van der Waals surface area contributed by atoms with Gasteiger partial charge in [-0.05, 0) is 52.2 Å². The van der Waals surface area contributed by atoms with Crippen molar-refractivity contribution in [2.75, 3.05) is 31.3 Å². The SMILES string of the molecule is CC(C)N(C(=O)CN(C)C)c1ccc(N)cc1. The summed E-state index contributed by atoms with van der Waals surface area (Å²) in [5.74, 6) is 0.0924. The zero-order valence-electron chi connectivity index (χ0n) is 11.0. The molecule has 17 heavy (non-hydrogen) atoms. The van der Waals surface area contributed by atoms with E-state index in [2.05, 4.69) is 0 Å². The minimum absolute atomic E-state index is 0.0924. The van der Waals surface area contributed by atoms with Crippen LogP contribution in [0.25, 0.3) is 0 Å². The summed E-state index contributed by atoms with van der Waals surface area (Å²) in [7, 11) is 3.78. The Morgan fingerprint density at radius 2 is 1.76 bits per heavy atom. The minimum Gasteiger partial charge on any atom is -0.399 e. The normalized spacial score (nSPS) is 10.9. The molecule has 0 aliphatic rings.